The lowest BCUT2D eigenvalue weighted by Crippen LogP contribution is -2.45. The number of carbonyl (C=O) groups is 2. The largest absolute Gasteiger partial charge is 0.383 e. The maximum Gasteiger partial charge on any atom is 0.241 e. The summed E-state index contributed by atoms with van der Waals surface area (Å²) in [4.78, 5) is 26.5. The van der Waals surface area contributed by atoms with E-state index < -0.39 is 0 Å². The second-order valence-corrected chi connectivity index (χ2v) is 4.27. The van der Waals surface area contributed by atoms with Crippen molar-refractivity contribution in [3.63, 3.8) is 0 Å². The van der Waals surface area contributed by atoms with Crippen molar-refractivity contribution in [2.45, 2.75) is 13.3 Å². The van der Waals surface area contributed by atoms with Gasteiger partial charge in [-0.3, -0.25) is 9.59 Å². The van der Waals surface area contributed by atoms with Crippen LogP contribution < -0.4 is 5.32 Å². The zero-order valence-electron chi connectivity index (χ0n) is 11.9. The fraction of sp³-hybridized carbons (Fsp3) is 0.833. The Kier molecular flexibility index (Phi) is 9.22. The van der Waals surface area contributed by atoms with Crippen LogP contribution >= 0.6 is 0 Å². The van der Waals surface area contributed by atoms with E-state index >= 15 is 0 Å². The zero-order chi connectivity index (χ0) is 14.0. The number of amides is 2. The minimum absolute atomic E-state index is 0.0734. The van der Waals surface area contributed by atoms with Gasteiger partial charge in [-0.1, -0.05) is 6.92 Å². The van der Waals surface area contributed by atoms with Gasteiger partial charge in [0.2, 0.25) is 11.8 Å². The van der Waals surface area contributed by atoms with Crippen molar-refractivity contribution in [2.24, 2.45) is 0 Å². The molecule has 6 nitrogen and oxygen atoms in total. The first kappa shape index (κ1) is 16.9. The molecule has 0 spiro atoms. The standard InChI is InChI=1S/C12H25N3O3/c1-5-6-13-9-11(16)15(7-8-18-4)10-12(17)14(2)3/h13H,5-10H2,1-4H3. The van der Waals surface area contributed by atoms with E-state index in [1.807, 2.05) is 6.92 Å². The minimum atomic E-state index is -0.0880. The normalized spacial score (nSPS) is 10.2. The van der Waals surface area contributed by atoms with Crippen molar-refractivity contribution >= 4 is 11.8 Å². The smallest absolute Gasteiger partial charge is 0.241 e. The molecule has 0 heterocycles. The third-order valence-electron chi connectivity index (χ3n) is 2.45. The Morgan fingerprint density at radius 1 is 1.22 bits per heavy atom. The predicted octanol–water partition coefficient (Wildman–Crippen LogP) is -0.451. The predicted molar refractivity (Wildman–Crippen MR) is 70.3 cm³/mol. The molecular formula is C12H25N3O3. The third kappa shape index (κ3) is 7.24. The molecule has 0 aromatic rings. The Hall–Kier alpha value is -1.14. The van der Waals surface area contributed by atoms with Gasteiger partial charge in [0.15, 0.2) is 0 Å². The number of rotatable bonds is 9. The highest BCUT2D eigenvalue weighted by atomic mass is 16.5. The van der Waals surface area contributed by atoms with Crippen molar-refractivity contribution < 1.29 is 14.3 Å². The van der Waals surface area contributed by atoms with E-state index in [2.05, 4.69) is 5.32 Å². The Morgan fingerprint density at radius 3 is 2.39 bits per heavy atom. The SMILES string of the molecule is CCCNCC(=O)N(CCOC)CC(=O)N(C)C. The van der Waals surface area contributed by atoms with Gasteiger partial charge in [-0.05, 0) is 13.0 Å². The molecule has 2 amide bonds. The summed E-state index contributed by atoms with van der Waals surface area (Å²) in [6, 6.07) is 0. The molecule has 0 atom stereocenters. The molecular weight excluding hydrogens is 234 g/mol. The highest BCUT2D eigenvalue weighted by Gasteiger charge is 2.17. The Labute approximate surface area is 109 Å². The first-order chi connectivity index (χ1) is 8.52. The zero-order valence-corrected chi connectivity index (χ0v) is 11.9. The van der Waals surface area contributed by atoms with Crippen LogP contribution in [0.3, 0.4) is 0 Å². The Bertz CT molecular complexity index is 257. The van der Waals surface area contributed by atoms with E-state index in [9.17, 15) is 9.59 Å². The van der Waals surface area contributed by atoms with E-state index in [-0.39, 0.29) is 24.9 Å². The van der Waals surface area contributed by atoms with E-state index in [0.29, 0.717) is 13.2 Å². The summed E-state index contributed by atoms with van der Waals surface area (Å²) >= 11 is 0. The molecule has 1 N–H and O–H groups in total. The number of nitrogens with zero attached hydrogens (tertiary/aromatic N) is 2. The summed E-state index contributed by atoms with van der Waals surface area (Å²) in [5.74, 6) is -0.161. The van der Waals surface area contributed by atoms with Crippen LogP contribution in [0.5, 0.6) is 0 Å². The van der Waals surface area contributed by atoms with Gasteiger partial charge in [0, 0.05) is 27.7 Å². The number of hydrogen-bond acceptors (Lipinski definition) is 4. The molecule has 0 aliphatic heterocycles. The van der Waals surface area contributed by atoms with Crippen LogP contribution in [0, 0.1) is 0 Å². The van der Waals surface area contributed by atoms with Crippen LogP contribution in [0.4, 0.5) is 0 Å². The topological polar surface area (TPSA) is 61.9 Å². The number of hydrogen-bond donors (Lipinski definition) is 1. The lowest BCUT2D eigenvalue weighted by molar-refractivity contribution is -0.139. The van der Waals surface area contributed by atoms with Gasteiger partial charge < -0.3 is 19.9 Å². The van der Waals surface area contributed by atoms with Gasteiger partial charge in [-0.15, -0.1) is 0 Å². The molecule has 0 aromatic carbocycles. The average molecular weight is 259 g/mol. The second-order valence-electron chi connectivity index (χ2n) is 4.27. The fourth-order valence-corrected chi connectivity index (χ4v) is 1.28. The first-order valence-electron chi connectivity index (χ1n) is 6.20. The van der Waals surface area contributed by atoms with Crippen molar-refractivity contribution in [1.29, 1.82) is 0 Å². The molecule has 0 saturated carbocycles. The summed E-state index contributed by atoms with van der Waals surface area (Å²) in [6.45, 7) is 4.06. The molecule has 0 bridgehead atoms. The van der Waals surface area contributed by atoms with Crippen molar-refractivity contribution in [1.82, 2.24) is 15.1 Å². The maximum absolute atomic E-state index is 11.9. The molecule has 0 fully saturated rings. The Morgan fingerprint density at radius 2 is 1.89 bits per heavy atom. The molecule has 0 aromatic heterocycles. The van der Waals surface area contributed by atoms with Crippen molar-refractivity contribution in [3.05, 3.63) is 0 Å². The molecule has 106 valence electrons. The van der Waals surface area contributed by atoms with Crippen molar-refractivity contribution in [2.75, 3.05) is 54.0 Å². The molecule has 6 heteroatoms. The molecule has 0 aliphatic rings. The molecule has 0 rings (SSSR count). The number of likely N-dealkylation sites (N-methyl/N-ethyl adjacent to an activating group) is 1. The van der Waals surface area contributed by atoms with Crippen LogP contribution in [0.25, 0.3) is 0 Å². The van der Waals surface area contributed by atoms with Gasteiger partial charge in [0.1, 0.15) is 0 Å². The summed E-state index contributed by atoms with van der Waals surface area (Å²) in [5, 5.41) is 3.04. The Balaban J connectivity index is 4.27. The number of carbonyl (C=O) groups excluding carboxylic acids is 2. The van der Waals surface area contributed by atoms with Gasteiger partial charge in [0.25, 0.3) is 0 Å². The first-order valence-corrected chi connectivity index (χ1v) is 6.20. The van der Waals surface area contributed by atoms with Crippen LogP contribution in [0.1, 0.15) is 13.3 Å². The highest BCUT2D eigenvalue weighted by Crippen LogP contribution is 1.93. The second kappa shape index (κ2) is 9.85. The van der Waals surface area contributed by atoms with Crippen LogP contribution in [-0.4, -0.2) is 75.6 Å². The summed E-state index contributed by atoms with van der Waals surface area (Å²) in [7, 11) is 4.93. The number of ether oxygens (including phenoxy) is 1. The van der Waals surface area contributed by atoms with E-state index in [1.54, 1.807) is 21.2 Å². The van der Waals surface area contributed by atoms with Gasteiger partial charge >= 0.3 is 0 Å². The molecule has 18 heavy (non-hydrogen) atoms. The monoisotopic (exact) mass is 259 g/mol. The number of methoxy groups -OCH3 is 1. The maximum atomic E-state index is 11.9. The van der Waals surface area contributed by atoms with Crippen molar-refractivity contribution in [3.8, 4) is 0 Å². The van der Waals surface area contributed by atoms with Crippen LogP contribution in [-0.2, 0) is 14.3 Å². The summed E-state index contributed by atoms with van der Waals surface area (Å²) < 4.78 is 4.95. The van der Waals surface area contributed by atoms with E-state index in [0.717, 1.165) is 13.0 Å². The van der Waals surface area contributed by atoms with Gasteiger partial charge in [0.05, 0.1) is 19.7 Å². The van der Waals surface area contributed by atoms with Gasteiger partial charge in [-0.25, -0.2) is 0 Å². The summed E-state index contributed by atoms with van der Waals surface area (Å²) in [6.07, 6.45) is 0.974. The van der Waals surface area contributed by atoms with Crippen LogP contribution in [0.15, 0.2) is 0 Å². The fourth-order valence-electron chi connectivity index (χ4n) is 1.28. The quantitative estimate of drug-likeness (QED) is 0.570. The minimum Gasteiger partial charge on any atom is -0.383 e. The average Bonchev–Trinajstić information content (AvgIpc) is 2.34. The lowest BCUT2D eigenvalue weighted by Gasteiger charge is -2.23. The third-order valence-corrected chi connectivity index (χ3v) is 2.45. The summed E-state index contributed by atoms with van der Waals surface area (Å²) in [5.41, 5.74) is 0. The molecule has 0 saturated heterocycles. The van der Waals surface area contributed by atoms with Crippen LogP contribution in [0.2, 0.25) is 0 Å². The van der Waals surface area contributed by atoms with E-state index in [4.69, 9.17) is 4.74 Å². The molecule has 0 aliphatic carbocycles. The van der Waals surface area contributed by atoms with E-state index in [1.165, 1.54) is 9.80 Å². The molecule has 0 radical (unpaired) electrons. The molecule has 0 unspecified atom stereocenters. The van der Waals surface area contributed by atoms with Gasteiger partial charge in [-0.2, -0.15) is 0 Å². The highest BCUT2D eigenvalue weighted by molar-refractivity contribution is 5.85. The lowest BCUT2D eigenvalue weighted by atomic mass is 10.4. The number of nitrogens with one attached hydrogen (secondary N) is 1.